The van der Waals surface area contributed by atoms with Crippen molar-refractivity contribution >= 4 is 21.8 Å². The number of hydrogen-bond acceptors (Lipinski definition) is 4. The van der Waals surface area contributed by atoms with E-state index >= 15 is 0 Å². The van der Waals surface area contributed by atoms with Gasteiger partial charge in [-0.05, 0) is 30.7 Å². The van der Waals surface area contributed by atoms with Crippen molar-refractivity contribution in [1.82, 2.24) is 9.62 Å². The van der Waals surface area contributed by atoms with Gasteiger partial charge in [0.15, 0.2) is 0 Å². The van der Waals surface area contributed by atoms with Crippen molar-refractivity contribution in [1.29, 1.82) is 0 Å². The van der Waals surface area contributed by atoms with E-state index < -0.39 is 16.1 Å². The Bertz CT molecular complexity index is 1050. The number of nitrogens with one attached hydrogen (secondary N) is 1. The molecule has 0 aromatic heterocycles. The molecule has 3 rings (SSSR count). The summed E-state index contributed by atoms with van der Waals surface area (Å²) in [6, 6.07) is 16.0. The van der Waals surface area contributed by atoms with Gasteiger partial charge in [-0.2, -0.15) is 8.42 Å². The molecule has 0 saturated heterocycles. The van der Waals surface area contributed by atoms with Crippen molar-refractivity contribution in [3.8, 4) is 5.75 Å². The summed E-state index contributed by atoms with van der Waals surface area (Å²) in [6.45, 7) is 1.84. The number of hydrogen-bond donors (Lipinski definition) is 1. The molecule has 1 N–H and O–H groups in total. The third-order valence-electron chi connectivity index (χ3n) is 4.42. The topological polar surface area (TPSA) is 88.1 Å². The molecule has 0 radical (unpaired) electrons. The van der Waals surface area contributed by atoms with E-state index in [-0.39, 0.29) is 17.5 Å². The van der Waals surface area contributed by atoms with Crippen LogP contribution in [-0.2, 0) is 15.0 Å². The number of likely N-dealkylation sites (N-methyl/N-ethyl adjacent to an activating group) is 1. The van der Waals surface area contributed by atoms with E-state index in [4.69, 9.17) is 4.74 Å². The lowest BCUT2D eigenvalue weighted by Gasteiger charge is -2.25. The zero-order chi connectivity index (χ0) is 20.3. The fourth-order valence-corrected chi connectivity index (χ4v) is 3.69. The molecule has 2 aromatic carbocycles. The highest BCUT2D eigenvalue weighted by molar-refractivity contribution is 7.88. The van der Waals surface area contributed by atoms with Gasteiger partial charge in [-0.1, -0.05) is 42.5 Å². The molecule has 7 nitrogen and oxygen atoms in total. The molecule has 0 spiro atoms. The van der Waals surface area contributed by atoms with Gasteiger partial charge in [0.25, 0.3) is 5.91 Å². The fraction of sp³-hybridized carbons (Fsp3) is 0.200. The van der Waals surface area contributed by atoms with E-state index in [1.165, 1.54) is 20.2 Å². The van der Waals surface area contributed by atoms with Crippen LogP contribution in [0.15, 0.2) is 70.8 Å². The number of amides is 1. The quantitative estimate of drug-likeness (QED) is 0.836. The fourth-order valence-electron chi connectivity index (χ4n) is 2.78. The first kappa shape index (κ1) is 19.6. The van der Waals surface area contributed by atoms with Crippen molar-refractivity contribution in [2.24, 2.45) is 4.40 Å². The summed E-state index contributed by atoms with van der Waals surface area (Å²) in [5.41, 5.74) is 1.63. The first-order chi connectivity index (χ1) is 13.3. The second-order valence-corrected chi connectivity index (χ2v) is 7.92. The van der Waals surface area contributed by atoms with Crippen LogP contribution in [0.4, 0.5) is 0 Å². The molecule has 1 heterocycles. The van der Waals surface area contributed by atoms with Gasteiger partial charge in [0, 0.05) is 12.6 Å². The first-order valence-corrected chi connectivity index (χ1v) is 10.0. The maximum absolute atomic E-state index is 12.8. The number of allylic oxidation sites excluding steroid dienone is 1. The summed E-state index contributed by atoms with van der Waals surface area (Å²) in [6.07, 6.45) is 1.46. The summed E-state index contributed by atoms with van der Waals surface area (Å²) in [7, 11) is -1.20. The molecule has 0 bridgehead atoms. The Balaban J connectivity index is 1.93. The van der Waals surface area contributed by atoms with Gasteiger partial charge >= 0.3 is 10.2 Å². The normalized spacial score (nSPS) is 16.6. The molecule has 0 fully saturated rings. The van der Waals surface area contributed by atoms with Crippen LogP contribution >= 0.6 is 0 Å². The predicted octanol–water partition coefficient (Wildman–Crippen LogP) is 2.44. The highest BCUT2D eigenvalue weighted by Crippen LogP contribution is 2.22. The SMILES string of the molecule is COc1cccc(C2=NS(=O)(=O)N(C)C(C(=O)N[C@@H](C)c3ccccc3)=C2)c1. The number of methoxy groups -OCH3 is 1. The van der Waals surface area contributed by atoms with Crippen molar-refractivity contribution in [3.63, 3.8) is 0 Å². The monoisotopic (exact) mass is 399 g/mol. The van der Waals surface area contributed by atoms with Gasteiger partial charge in [-0.3, -0.25) is 4.79 Å². The minimum absolute atomic E-state index is 0.00407. The molecule has 2 aromatic rings. The van der Waals surface area contributed by atoms with Crippen LogP contribution in [0.5, 0.6) is 5.75 Å². The van der Waals surface area contributed by atoms with E-state index in [2.05, 4.69) is 9.71 Å². The standard InChI is InChI=1S/C20H21N3O4S/c1-14(15-8-5-4-6-9-15)21-20(24)19-13-18(22-28(25,26)23(19)2)16-10-7-11-17(12-16)27-3/h4-14H,1-3H3,(H,21,24)/t14-/m0/s1. The lowest BCUT2D eigenvalue weighted by atomic mass is 10.1. The predicted molar refractivity (Wildman–Crippen MR) is 107 cm³/mol. The molecule has 0 aliphatic carbocycles. The zero-order valence-corrected chi connectivity index (χ0v) is 16.6. The van der Waals surface area contributed by atoms with Crippen LogP contribution in [-0.4, -0.2) is 38.5 Å². The summed E-state index contributed by atoms with van der Waals surface area (Å²) in [5.74, 6) is 0.0614. The Hall–Kier alpha value is -3.13. The number of nitrogens with zero attached hydrogens (tertiary/aromatic N) is 2. The van der Waals surface area contributed by atoms with E-state index in [1.54, 1.807) is 24.3 Å². The molecule has 0 saturated carbocycles. The molecular weight excluding hydrogens is 378 g/mol. The van der Waals surface area contributed by atoms with Crippen LogP contribution in [0.3, 0.4) is 0 Å². The number of carbonyl (C=O) groups is 1. The van der Waals surface area contributed by atoms with Crippen LogP contribution in [0, 0.1) is 0 Å². The average Bonchev–Trinajstić information content (AvgIpc) is 2.70. The minimum Gasteiger partial charge on any atom is -0.497 e. The summed E-state index contributed by atoms with van der Waals surface area (Å²) in [4.78, 5) is 12.8. The number of rotatable bonds is 5. The molecule has 0 unspecified atom stereocenters. The van der Waals surface area contributed by atoms with Gasteiger partial charge < -0.3 is 10.1 Å². The molecule has 28 heavy (non-hydrogen) atoms. The maximum atomic E-state index is 12.8. The van der Waals surface area contributed by atoms with Crippen LogP contribution in [0.2, 0.25) is 0 Å². The highest BCUT2D eigenvalue weighted by Gasteiger charge is 2.30. The van der Waals surface area contributed by atoms with Crippen molar-refractivity contribution in [3.05, 3.63) is 77.5 Å². The molecule has 1 atom stereocenters. The molecule has 146 valence electrons. The summed E-state index contributed by atoms with van der Waals surface area (Å²) < 4.78 is 34.8. The maximum Gasteiger partial charge on any atom is 0.345 e. The third kappa shape index (κ3) is 4.07. The van der Waals surface area contributed by atoms with E-state index in [0.717, 1.165) is 9.87 Å². The summed E-state index contributed by atoms with van der Waals surface area (Å²) in [5, 5.41) is 2.84. The lowest BCUT2D eigenvalue weighted by molar-refractivity contribution is -0.119. The molecule has 1 aliphatic heterocycles. The third-order valence-corrected chi connectivity index (χ3v) is 5.73. The van der Waals surface area contributed by atoms with Crippen molar-refractivity contribution < 1.29 is 17.9 Å². The lowest BCUT2D eigenvalue weighted by Crippen LogP contribution is -2.39. The Morgan fingerprint density at radius 1 is 1.14 bits per heavy atom. The Kier molecular flexibility index (Phi) is 5.51. The van der Waals surface area contributed by atoms with Crippen molar-refractivity contribution in [2.45, 2.75) is 13.0 Å². The van der Waals surface area contributed by atoms with Crippen LogP contribution in [0.1, 0.15) is 24.1 Å². The zero-order valence-electron chi connectivity index (χ0n) is 15.8. The second-order valence-electron chi connectivity index (χ2n) is 6.29. The largest absolute Gasteiger partial charge is 0.497 e. The molecule has 1 aliphatic rings. The van der Waals surface area contributed by atoms with E-state index in [0.29, 0.717) is 11.3 Å². The van der Waals surface area contributed by atoms with Gasteiger partial charge in [0.05, 0.1) is 18.9 Å². The Morgan fingerprint density at radius 2 is 1.86 bits per heavy atom. The van der Waals surface area contributed by atoms with Gasteiger partial charge in [-0.15, -0.1) is 4.40 Å². The van der Waals surface area contributed by atoms with Crippen LogP contribution < -0.4 is 10.1 Å². The first-order valence-electron chi connectivity index (χ1n) is 8.62. The van der Waals surface area contributed by atoms with Gasteiger partial charge in [-0.25, -0.2) is 4.31 Å². The Labute approximate surface area is 164 Å². The van der Waals surface area contributed by atoms with Gasteiger partial charge in [0.2, 0.25) is 0 Å². The van der Waals surface area contributed by atoms with Gasteiger partial charge in [0.1, 0.15) is 11.4 Å². The highest BCUT2D eigenvalue weighted by atomic mass is 32.2. The molecule has 1 amide bonds. The average molecular weight is 399 g/mol. The molecule has 8 heteroatoms. The number of carbonyl (C=O) groups excluding carboxylic acids is 1. The molecular formula is C20H21N3O4S. The smallest absolute Gasteiger partial charge is 0.345 e. The number of benzene rings is 2. The second kappa shape index (κ2) is 7.85. The van der Waals surface area contributed by atoms with Crippen molar-refractivity contribution in [2.75, 3.05) is 14.2 Å². The Morgan fingerprint density at radius 3 is 2.54 bits per heavy atom. The number of ether oxygens (including phenoxy) is 1. The van der Waals surface area contributed by atoms with E-state index in [1.807, 2.05) is 37.3 Å². The summed E-state index contributed by atoms with van der Waals surface area (Å²) >= 11 is 0. The van der Waals surface area contributed by atoms with E-state index in [9.17, 15) is 13.2 Å². The van der Waals surface area contributed by atoms with Crippen LogP contribution in [0.25, 0.3) is 0 Å². The minimum atomic E-state index is -4.02.